The van der Waals surface area contributed by atoms with Gasteiger partial charge in [-0.15, -0.1) is 0 Å². The molecule has 3 heterocycles. The SMILES string of the molecule is O=C(N[C@@H]1COCCC12CCN(c1ncc(F)cn1)CC2)C1CC1. The van der Waals surface area contributed by atoms with E-state index in [0.29, 0.717) is 12.6 Å². The summed E-state index contributed by atoms with van der Waals surface area (Å²) in [6, 6.07) is 0.0932. The Bertz CT molecular complexity index is 597. The lowest BCUT2D eigenvalue weighted by atomic mass is 9.69. The minimum absolute atomic E-state index is 0.0932. The molecule has 1 aromatic heterocycles. The topological polar surface area (TPSA) is 67.3 Å². The van der Waals surface area contributed by atoms with Gasteiger partial charge < -0.3 is 15.0 Å². The Labute approximate surface area is 140 Å². The van der Waals surface area contributed by atoms with Gasteiger partial charge in [-0.2, -0.15) is 0 Å². The molecule has 1 N–H and O–H groups in total. The van der Waals surface area contributed by atoms with Crippen molar-refractivity contribution in [3.8, 4) is 0 Å². The number of aromatic nitrogens is 2. The van der Waals surface area contributed by atoms with Crippen molar-refractivity contribution in [1.29, 1.82) is 0 Å². The molecule has 1 aliphatic carbocycles. The fourth-order valence-electron chi connectivity index (χ4n) is 3.88. The maximum absolute atomic E-state index is 13.0. The molecule has 1 saturated carbocycles. The number of rotatable bonds is 3. The molecule has 0 bridgehead atoms. The molecule has 7 heteroatoms. The minimum Gasteiger partial charge on any atom is -0.379 e. The number of ether oxygens (including phenoxy) is 1. The van der Waals surface area contributed by atoms with E-state index in [1.807, 2.05) is 0 Å². The molecule has 6 nitrogen and oxygen atoms in total. The third-order valence-corrected chi connectivity index (χ3v) is 5.68. The summed E-state index contributed by atoms with van der Waals surface area (Å²) in [6.07, 6.45) is 7.35. The number of piperidine rings is 1. The number of nitrogens with zero attached hydrogens (tertiary/aromatic N) is 3. The van der Waals surface area contributed by atoms with Gasteiger partial charge in [-0.05, 0) is 37.5 Å². The number of amides is 1. The molecule has 2 saturated heterocycles. The highest BCUT2D eigenvalue weighted by molar-refractivity contribution is 5.81. The van der Waals surface area contributed by atoms with E-state index in [1.54, 1.807) is 0 Å². The third-order valence-electron chi connectivity index (χ3n) is 5.68. The van der Waals surface area contributed by atoms with E-state index in [2.05, 4.69) is 20.2 Å². The summed E-state index contributed by atoms with van der Waals surface area (Å²) in [5.74, 6) is 0.572. The number of hydrogen-bond donors (Lipinski definition) is 1. The standard InChI is InChI=1S/C17H23FN4O2/c18-13-9-19-16(20-10-13)22-6-3-17(4-7-22)5-8-24-11-14(17)21-15(23)12-1-2-12/h9-10,12,14H,1-8,11H2,(H,21,23)/t14-/m1/s1. The zero-order valence-corrected chi connectivity index (χ0v) is 13.7. The van der Waals surface area contributed by atoms with Crippen molar-refractivity contribution in [2.75, 3.05) is 31.2 Å². The zero-order chi connectivity index (χ0) is 16.6. The Morgan fingerprint density at radius 3 is 2.62 bits per heavy atom. The molecule has 0 unspecified atom stereocenters. The van der Waals surface area contributed by atoms with Crippen molar-refractivity contribution in [3.05, 3.63) is 18.2 Å². The average Bonchev–Trinajstić information content (AvgIpc) is 3.44. The lowest BCUT2D eigenvalue weighted by Gasteiger charge is -2.49. The molecule has 4 rings (SSSR count). The van der Waals surface area contributed by atoms with Gasteiger partial charge in [-0.25, -0.2) is 14.4 Å². The van der Waals surface area contributed by atoms with Crippen LogP contribution in [0.2, 0.25) is 0 Å². The van der Waals surface area contributed by atoms with Crippen LogP contribution in [-0.4, -0.2) is 48.2 Å². The number of nitrogens with one attached hydrogen (secondary N) is 1. The maximum Gasteiger partial charge on any atom is 0.225 e. The van der Waals surface area contributed by atoms with Crippen molar-refractivity contribution < 1.29 is 13.9 Å². The van der Waals surface area contributed by atoms with E-state index in [-0.39, 0.29) is 23.3 Å². The summed E-state index contributed by atoms with van der Waals surface area (Å²) in [5, 5.41) is 3.24. The molecule has 24 heavy (non-hydrogen) atoms. The van der Waals surface area contributed by atoms with Crippen LogP contribution in [0.4, 0.5) is 10.3 Å². The van der Waals surface area contributed by atoms with Gasteiger partial charge in [0.2, 0.25) is 11.9 Å². The van der Waals surface area contributed by atoms with Crippen molar-refractivity contribution in [3.63, 3.8) is 0 Å². The second kappa shape index (κ2) is 6.27. The molecule has 1 amide bonds. The Morgan fingerprint density at radius 1 is 1.25 bits per heavy atom. The molecular formula is C17H23FN4O2. The average molecular weight is 334 g/mol. The molecule has 0 aromatic carbocycles. The van der Waals surface area contributed by atoms with Crippen molar-refractivity contribution in [2.45, 2.75) is 38.1 Å². The molecule has 0 radical (unpaired) electrons. The molecule has 3 aliphatic rings. The van der Waals surface area contributed by atoms with Crippen LogP contribution in [0.3, 0.4) is 0 Å². The van der Waals surface area contributed by atoms with E-state index in [0.717, 1.165) is 51.8 Å². The first kappa shape index (κ1) is 15.7. The summed E-state index contributed by atoms with van der Waals surface area (Å²) < 4.78 is 18.6. The van der Waals surface area contributed by atoms with Crippen LogP contribution in [0.5, 0.6) is 0 Å². The van der Waals surface area contributed by atoms with Gasteiger partial charge in [-0.3, -0.25) is 4.79 Å². The smallest absolute Gasteiger partial charge is 0.225 e. The zero-order valence-electron chi connectivity index (χ0n) is 13.7. The summed E-state index contributed by atoms with van der Waals surface area (Å²) in [7, 11) is 0. The highest BCUT2D eigenvalue weighted by atomic mass is 19.1. The highest BCUT2D eigenvalue weighted by Gasteiger charge is 2.45. The van der Waals surface area contributed by atoms with Gasteiger partial charge in [0.1, 0.15) is 0 Å². The Morgan fingerprint density at radius 2 is 1.96 bits per heavy atom. The van der Waals surface area contributed by atoms with Crippen LogP contribution in [0.1, 0.15) is 32.1 Å². The van der Waals surface area contributed by atoms with Crippen LogP contribution in [0.15, 0.2) is 12.4 Å². The second-order valence-electron chi connectivity index (χ2n) is 7.21. The number of halogens is 1. The Hall–Kier alpha value is -1.76. The van der Waals surface area contributed by atoms with Crippen molar-refractivity contribution in [2.24, 2.45) is 11.3 Å². The fraction of sp³-hybridized carbons (Fsp3) is 0.706. The van der Waals surface area contributed by atoms with Gasteiger partial charge in [0.15, 0.2) is 5.82 Å². The number of anilines is 1. The molecule has 1 atom stereocenters. The summed E-state index contributed by atoms with van der Waals surface area (Å²) in [4.78, 5) is 22.4. The second-order valence-corrected chi connectivity index (χ2v) is 7.21. The van der Waals surface area contributed by atoms with Crippen LogP contribution in [0, 0.1) is 17.2 Å². The molecule has 1 spiro atoms. The molecular weight excluding hydrogens is 311 g/mol. The molecule has 130 valence electrons. The van der Waals surface area contributed by atoms with E-state index < -0.39 is 5.82 Å². The van der Waals surface area contributed by atoms with Crippen LogP contribution in [-0.2, 0) is 9.53 Å². The van der Waals surface area contributed by atoms with Gasteiger partial charge in [-0.1, -0.05) is 0 Å². The lowest BCUT2D eigenvalue weighted by molar-refractivity contribution is -0.127. The summed E-state index contributed by atoms with van der Waals surface area (Å²) in [5.41, 5.74) is 0.0966. The maximum atomic E-state index is 13.0. The summed E-state index contributed by atoms with van der Waals surface area (Å²) >= 11 is 0. The molecule has 1 aromatic rings. The van der Waals surface area contributed by atoms with Crippen LogP contribution in [0.25, 0.3) is 0 Å². The first-order chi connectivity index (χ1) is 11.7. The molecule has 2 aliphatic heterocycles. The normalized spacial score (nSPS) is 26.4. The van der Waals surface area contributed by atoms with Gasteiger partial charge in [0.25, 0.3) is 0 Å². The highest BCUT2D eigenvalue weighted by Crippen LogP contribution is 2.42. The van der Waals surface area contributed by atoms with Crippen molar-refractivity contribution >= 4 is 11.9 Å². The van der Waals surface area contributed by atoms with E-state index in [9.17, 15) is 9.18 Å². The summed E-state index contributed by atoms with van der Waals surface area (Å²) in [6.45, 7) is 3.00. The largest absolute Gasteiger partial charge is 0.379 e. The first-order valence-electron chi connectivity index (χ1n) is 8.77. The van der Waals surface area contributed by atoms with E-state index in [4.69, 9.17) is 4.74 Å². The third kappa shape index (κ3) is 3.09. The number of carbonyl (C=O) groups excluding carboxylic acids is 1. The first-order valence-corrected chi connectivity index (χ1v) is 8.77. The number of hydrogen-bond acceptors (Lipinski definition) is 5. The van der Waals surface area contributed by atoms with Gasteiger partial charge in [0.05, 0.1) is 25.0 Å². The predicted octanol–water partition coefficient (Wildman–Crippen LogP) is 1.52. The quantitative estimate of drug-likeness (QED) is 0.908. The number of carbonyl (C=O) groups is 1. The fourth-order valence-corrected chi connectivity index (χ4v) is 3.88. The van der Waals surface area contributed by atoms with Crippen LogP contribution >= 0.6 is 0 Å². The van der Waals surface area contributed by atoms with Gasteiger partial charge in [0, 0.05) is 25.6 Å². The minimum atomic E-state index is -0.417. The monoisotopic (exact) mass is 334 g/mol. The van der Waals surface area contributed by atoms with Gasteiger partial charge >= 0.3 is 0 Å². The molecule has 3 fully saturated rings. The van der Waals surface area contributed by atoms with Crippen LogP contribution < -0.4 is 10.2 Å². The lowest BCUT2D eigenvalue weighted by Crippen LogP contribution is -2.58. The Kier molecular flexibility index (Phi) is 4.12. The van der Waals surface area contributed by atoms with E-state index in [1.165, 1.54) is 12.4 Å². The Balaban J connectivity index is 1.42. The van der Waals surface area contributed by atoms with Crippen molar-refractivity contribution in [1.82, 2.24) is 15.3 Å². The van der Waals surface area contributed by atoms with E-state index >= 15 is 0 Å². The predicted molar refractivity (Wildman–Crippen MR) is 86.0 cm³/mol.